The summed E-state index contributed by atoms with van der Waals surface area (Å²) in [6.45, 7) is 26.2. The minimum atomic E-state index is -1.60. The summed E-state index contributed by atoms with van der Waals surface area (Å²) in [4.78, 5) is 9.27. The summed E-state index contributed by atoms with van der Waals surface area (Å²) in [5.41, 5.74) is 0. The molecule has 0 fully saturated rings. The van der Waals surface area contributed by atoms with Crippen LogP contribution in [0.5, 0.6) is 0 Å². The van der Waals surface area contributed by atoms with Crippen LogP contribution in [0.15, 0.2) is 9.98 Å². The number of aliphatic imine (C=N–C) groups is 2. The Labute approximate surface area is 187 Å². The molecule has 0 unspecified atom stereocenters. The van der Waals surface area contributed by atoms with Gasteiger partial charge in [0.05, 0.1) is 0 Å². The molecule has 7 heteroatoms. The topological polar surface area (TPSA) is 34.0 Å². The molecule has 172 valence electrons. The van der Waals surface area contributed by atoms with Gasteiger partial charge in [-0.15, -0.1) is 0 Å². The first-order valence-electron chi connectivity index (χ1n) is 11.8. The van der Waals surface area contributed by atoms with Gasteiger partial charge in [-0.1, -0.05) is 51.4 Å². The van der Waals surface area contributed by atoms with Crippen molar-refractivity contribution >= 4 is 45.2 Å². The molecular formula is C22H52N2OSi4. The summed E-state index contributed by atoms with van der Waals surface area (Å²) in [6.07, 6.45) is 8.98. The highest BCUT2D eigenvalue weighted by Gasteiger charge is 2.31. The fourth-order valence-corrected chi connectivity index (χ4v) is 14.3. The van der Waals surface area contributed by atoms with Crippen molar-refractivity contribution in [1.82, 2.24) is 0 Å². The van der Waals surface area contributed by atoms with Crippen LogP contribution in [0.4, 0.5) is 0 Å². The van der Waals surface area contributed by atoms with Crippen molar-refractivity contribution < 1.29 is 4.12 Å². The van der Waals surface area contributed by atoms with Gasteiger partial charge in [0, 0.05) is 29.2 Å². The van der Waals surface area contributed by atoms with Crippen LogP contribution in [0.2, 0.25) is 89.6 Å². The average molecular weight is 473 g/mol. The van der Waals surface area contributed by atoms with Gasteiger partial charge in [0.25, 0.3) is 0 Å². The van der Waals surface area contributed by atoms with Gasteiger partial charge in [-0.05, 0) is 76.4 Å². The second-order valence-corrected chi connectivity index (χ2v) is 32.3. The molecule has 29 heavy (non-hydrogen) atoms. The van der Waals surface area contributed by atoms with Crippen LogP contribution in [0.25, 0.3) is 0 Å². The van der Waals surface area contributed by atoms with E-state index in [0.29, 0.717) is 0 Å². The molecule has 0 aliphatic carbocycles. The summed E-state index contributed by atoms with van der Waals surface area (Å²) in [5, 5.41) is 0. The van der Waals surface area contributed by atoms with E-state index in [1.807, 2.05) is 0 Å². The van der Waals surface area contributed by atoms with Crippen LogP contribution in [-0.4, -0.2) is 58.3 Å². The third kappa shape index (κ3) is 21.2. The van der Waals surface area contributed by atoms with E-state index in [1.165, 1.54) is 37.0 Å². The van der Waals surface area contributed by atoms with Gasteiger partial charge in [-0.2, -0.15) is 0 Å². The quantitative estimate of drug-likeness (QED) is 0.128. The number of rotatable bonds is 16. The normalized spacial score (nSPS) is 14.4. The largest absolute Gasteiger partial charge is 0.455 e. The van der Waals surface area contributed by atoms with E-state index in [-0.39, 0.29) is 0 Å². The van der Waals surface area contributed by atoms with E-state index < -0.39 is 32.8 Å². The summed E-state index contributed by atoms with van der Waals surface area (Å²) in [7, 11) is -5.01. The Balaban J connectivity index is 4.06. The summed E-state index contributed by atoms with van der Waals surface area (Å²) >= 11 is 0. The Morgan fingerprint density at radius 2 is 0.897 bits per heavy atom. The van der Waals surface area contributed by atoms with Crippen molar-refractivity contribution in [3.63, 3.8) is 0 Å². The summed E-state index contributed by atoms with van der Waals surface area (Å²) in [6, 6.07) is 5.14. The first-order valence-corrected chi connectivity index (χ1v) is 25.4. The van der Waals surface area contributed by atoms with E-state index in [2.05, 4.69) is 87.9 Å². The monoisotopic (exact) mass is 472 g/mol. The number of nitrogens with zero attached hydrogens (tertiary/aromatic N) is 2. The molecular weight excluding hydrogens is 421 g/mol. The molecule has 0 aromatic carbocycles. The molecule has 0 aliphatic heterocycles. The third-order valence-corrected chi connectivity index (χ3v) is 16.1. The standard InChI is InChI=1S/C22H52N2OSi4/c1-26(2,3)19-11-15-23-17-13-21-28(7,8)25-29(9,10)22-14-18-24-16-12-20-27(4,5)6/h17-18H,11-16,19-22H2,1-10H3/b23-17+,24-18+. The second-order valence-electron chi connectivity index (χ2n) is 12.2. The SMILES string of the molecule is C[Si](C)(C)CCC/N=C/CC[Si](C)(C)O[Si](C)(C)CC/C=N/CCC[Si](C)(C)C. The summed E-state index contributed by atoms with van der Waals surface area (Å²) in [5.74, 6) is 0. The Bertz CT molecular complexity index is 448. The first kappa shape index (κ1) is 29.2. The van der Waals surface area contributed by atoms with Crippen LogP contribution < -0.4 is 0 Å². The smallest absolute Gasteiger partial charge is 0.173 e. The van der Waals surface area contributed by atoms with Crippen molar-refractivity contribution in [2.45, 2.75) is 115 Å². The maximum atomic E-state index is 6.74. The maximum absolute atomic E-state index is 6.74. The predicted octanol–water partition coefficient (Wildman–Crippen LogP) is 7.79. The van der Waals surface area contributed by atoms with Gasteiger partial charge in [-0.25, -0.2) is 0 Å². The molecule has 0 bridgehead atoms. The third-order valence-electron chi connectivity index (χ3n) is 4.99. The van der Waals surface area contributed by atoms with E-state index in [9.17, 15) is 0 Å². The lowest BCUT2D eigenvalue weighted by Crippen LogP contribution is -2.44. The van der Waals surface area contributed by atoms with Crippen LogP contribution in [0.1, 0.15) is 25.7 Å². The lowest BCUT2D eigenvalue weighted by molar-refractivity contribution is 0.539. The van der Waals surface area contributed by atoms with Crippen molar-refractivity contribution in [3.8, 4) is 0 Å². The van der Waals surface area contributed by atoms with Gasteiger partial charge >= 0.3 is 0 Å². The molecule has 0 rings (SSSR count). The van der Waals surface area contributed by atoms with E-state index in [0.717, 1.165) is 25.9 Å². The fourth-order valence-electron chi connectivity index (χ4n) is 3.44. The van der Waals surface area contributed by atoms with Crippen molar-refractivity contribution in [2.75, 3.05) is 13.1 Å². The molecule has 0 heterocycles. The van der Waals surface area contributed by atoms with Gasteiger partial charge in [0.15, 0.2) is 16.6 Å². The molecule has 0 saturated carbocycles. The van der Waals surface area contributed by atoms with Crippen molar-refractivity contribution in [1.29, 1.82) is 0 Å². The zero-order chi connectivity index (χ0) is 22.6. The zero-order valence-corrected chi connectivity index (χ0v) is 25.5. The number of hydrogen-bond donors (Lipinski definition) is 0. The van der Waals surface area contributed by atoms with Crippen LogP contribution in [-0.2, 0) is 4.12 Å². The Hall–Kier alpha value is 0.168. The minimum Gasteiger partial charge on any atom is -0.455 e. The second kappa shape index (κ2) is 13.6. The van der Waals surface area contributed by atoms with Gasteiger partial charge in [0.1, 0.15) is 0 Å². The lowest BCUT2D eigenvalue weighted by Gasteiger charge is -2.33. The highest BCUT2D eigenvalue weighted by atomic mass is 28.4. The van der Waals surface area contributed by atoms with E-state index in [4.69, 9.17) is 4.12 Å². The average Bonchev–Trinajstić information content (AvgIpc) is 2.49. The van der Waals surface area contributed by atoms with Crippen LogP contribution >= 0.6 is 0 Å². The van der Waals surface area contributed by atoms with Crippen LogP contribution in [0.3, 0.4) is 0 Å². The molecule has 0 radical (unpaired) electrons. The molecule has 0 amide bonds. The Morgan fingerprint density at radius 3 is 1.21 bits per heavy atom. The van der Waals surface area contributed by atoms with E-state index in [1.54, 1.807) is 0 Å². The van der Waals surface area contributed by atoms with Gasteiger partial charge in [-0.3, -0.25) is 9.98 Å². The highest BCUT2D eigenvalue weighted by Crippen LogP contribution is 2.23. The molecule has 0 saturated heterocycles. The van der Waals surface area contributed by atoms with Crippen molar-refractivity contribution in [2.24, 2.45) is 9.98 Å². The summed E-state index contributed by atoms with van der Waals surface area (Å²) < 4.78 is 6.74. The minimum absolute atomic E-state index is 0.901. The molecule has 0 spiro atoms. The molecule has 0 aromatic heterocycles. The molecule has 0 atom stereocenters. The molecule has 0 aliphatic rings. The fraction of sp³-hybridized carbons (Fsp3) is 0.909. The zero-order valence-electron chi connectivity index (χ0n) is 21.5. The Kier molecular flexibility index (Phi) is 13.6. The first-order chi connectivity index (χ1) is 13.1. The highest BCUT2D eigenvalue weighted by molar-refractivity contribution is 6.85. The lowest BCUT2D eigenvalue weighted by atomic mass is 10.5. The maximum Gasteiger partial charge on any atom is 0.173 e. The molecule has 0 aromatic rings. The molecule has 3 nitrogen and oxygen atoms in total. The van der Waals surface area contributed by atoms with Gasteiger partial charge < -0.3 is 4.12 Å². The molecule has 0 N–H and O–H groups in total. The Morgan fingerprint density at radius 1 is 0.552 bits per heavy atom. The van der Waals surface area contributed by atoms with E-state index >= 15 is 0 Å². The van der Waals surface area contributed by atoms with Crippen LogP contribution in [0, 0.1) is 0 Å². The van der Waals surface area contributed by atoms with Gasteiger partial charge in [0.2, 0.25) is 0 Å². The van der Waals surface area contributed by atoms with Crippen molar-refractivity contribution in [3.05, 3.63) is 0 Å². The predicted molar refractivity (Wildman–Crippen MR) is 147 cm³/mol. The number of hydrogen-bond acceptors (Lipinski definition) is 3.